The number of nitrogens with one attached hydrogen (secondary N) is 2. The van der Waals surface area contributed by atoms with E-state index in [0.29, 0.717) is 23.7 Å². The second kappa shape index (κ2) is 9.50. The summed E-state index contributed by atoms with van der Waals surface area (Å²) in [5.41, 5.74) is 0.678. The van der Waals surface area contributed by atoms with E-state index in [-0.39, 0.29) is 11.9 Å². The van der Waals surface area contributed by atoms with Crippen LogP contribution in [0.1, 0.15) is 37.0 Å². The van der Waals surface area contributed by atoms with Crippen molar-refractivity contribution in [3.05, 3.63) is 29.8 Å². The Balaban J connectivity index is 1.98. The molecule has 2 N–H and O–H groups in total. The van der Waals surface area contributed by atoms with Gasteiger partial charge in [0, 0.05) is 26.7 Å². The molecule has 1 aliphatic rings. The minimum Gasteiger partial charge on any atom is -0.346 e. The normalized spacial score (nSPS) is 15.4. The van der Waals surface area contributed by atoms with Crippen molar-refractivity contribution >= 4 is 23.4 Å². The van der Waals surface area contributed by atoms with Crippen LogP contribution in [0.25, 0.3) is 0 Å². The summed E-state index contributed by atoms with van der Waals surface area (Å²) >= 11 is 0. The summed E-state index contributed by atoms with van der Waals surface area (Å²) in [4.78, 5) is 40.6. The highest BCUT2D eigenvalue weighted by atomic mass is 16.2. The maximum atomic E-state index is 12.3. The van der Waals surface area contributed by atoms with Crippen molar-refractivity contribution in [1.29, 1.82) is 0 Å². The van der Waals surface area contributed by atoms with Crippen LogP contribution in [-0.4, -0.2) is 67.3 Å². The minimum atomic E-state index is -0.766. The summed E-state index contributed by atoms with van der Waals surface area (Å²) in [5.74, 6) is -1.31. The number of anilines is 1. The molecule has 7 heteroatoms. The van der Waals surface area contributed by atoms with Gasteiger partial charge in [-0.1, -0.05) is 26.0 Å². The van der Waals surface area contributed by atoms with Gasteiger partial charge in [0.05, 0.1) is 11.3 Å². The van der Waals surface area contributed by atoms with E-state index in [2.05, 4.69) is 29.4 Å². The molecule has 1 atom stereocenters. The van der Waals surface area contributed by atoms with Crippen LogP contribution in [0.3, 0.4) is 0 Å². The molecular formula is C20H30N4O3. The van der Waals surface area contributed by atoms with Crippen molar-refractivity contribution < 1.29 is 14.4 Å². The van der Waals surface area contributed by atoms with E-state index < -0.39 is 11.8 Å². The summed E-state index contributed by atoms with van der Waals surface area (Å²) in [7, 11) is 3.27. The topological polar surface area (TPSA) is 81.8 Å². The van der Waals surface area contributed by atoms with Gasteiger partial charge in [0.1, 0.15) is 0 Å². The van der Waals surface area contributed by atoms with Crippen LogP contribution in [0.5, 0.6) is 0 Å². The van der Waals surface area contributed by atoms with Gasteiger partial charge in [-0.05, 0) is 44.0 Å². The number of nitrogens with zero attached hydrogens (tertiary/aromatic N) is 2. The number of carbonyl (C=O) groups is 3. The molecule has 1 saturated heterocycles. The molecule has 1 aliphatic heterocycles. The average Bonchev–Trinajstić information content (AvgIpc) is 3.15. The van der Waals surface area contributed by atoms with Gasteiger partial charge < -0.3 is 15.5 Å². The Morgan fingerprint density at radius 3 is 2.30 bits per heavy atom. The van der Waals surface area contributed by atoms with E-state index in [0.717, 1.165) is 13.1 Å². The zero-order valence-corrected chi connectivity index (χ0v) is 16.6. The number of rotatable bonds is 6. The van der Waals surface area contributed by atoms with Crippen molar-refractivity contribution in [2.45, 2.75) is 32.7 Å². The lowest BCUT2D eigenvalue weighted by molar-refractivity contribution is -0.136. The standard InChI is InChI=1S/C20H30N4O3/c1-14(2)17(24-11-7-8-12-24)13-21-18(25)19(26)22-16-10-6-5-9-15(16)20(27)23(3)4/h5-6,9-10,14,17H,7-8,11-13H2,1-4H3,(H,21,25)(H,22,26). The van der Waals surface area contributed by atoms with E-state index in [4.69, 9.17) is 0 Å². The van der Waals surface area contributed by atoms with Crippen LogP contribution in [0.15, 0.2) is 24.3 Å². The van der Waals surface area contributed by atoms with E-state index >= 15 is 0 Å². The second-order valence-corrected chi connectivity index (χ2v) is 7.46. The fraction of sp³-hybridized carbons (Fsp3) is 0.550. The lowest BCUT2D eigenvalue weighted by Gasteiger charge is -2.30. The van der Waals surface area contributed by atoms with Gasteiger partial charge in [-0.2, -0.15) is 0 Å². The van der Waals surface area contributed by atoms with Crippen molar-refractivity contribution in [2.75, 3.05) is 39.0 Å². The Bertz CT molecular complexity index is 682. The third-order valence-electron chi connectivity index (χ3n) is 4.87. The highest BCUT2D eigenvalue weighted by Gasteiger charge is 2.26. The molecule has 0 bridgehead atoms. The van der Waals surface area contributed by atoms with Gasteiger partial charge in [0.2, 0.25) is 0 Å². The molecule has 1 unspecified atom stereocenters. The van der Waals surface area contributed by atoms with E-state index in [1.165, 1.54) is 17.7 Å². The predicted octanol–water partition coefficient (Wildman–Crippen LogP) is 1.56. The van der Waals surface area contributed by atoms with Crippen LogP contribution in [0.2, 0.25) is 0 Å². The molecule has 0 saturated carbocycles. The molecule has 1 aromatic carbocycles. The first-order valence-electron chi connectivity index (χ1n) is 9.45. The minimum absolute atomic E-state index is 0.215. The fourth-order valence-corrected chi connectivity index (χ4v) is 3.34. The maximum Gasteiger partial charge on any atom is 0.313 e. The van der Waals surface area contributed by atoms with Crippen LogP contribution in [0, 0.1) is 5.92 Å². The number of para-hydroxylation sites is 1. The largest absolute Gasteiger partial charge is 0.346 e. The molecule has 0 aromatic heterocycles. The van der Waals surface area contributed by atoms with Gasteiger partial charge in [0.15, 0.2) is 0 Å². The molecule has 0 aliphatic carbocycles. The Morgan fingerprint density at radius 1 is 1.07 bits per heavy atom. The summed E-state index contributed by atoms with van der Waals surface area (Å²) in [5, 5.41) is 5.30. The van der Waals surface area contributed by atoms with Crippen molar-refractivity contribution in [2.24, 2.45) is 5.92 Å². The summed E-state index contributed by atoms with van der Waals surface area (Å²) in [6.07, 6.45) is 2.35. The molecular weight excluding hydrogens is 344 g/mol. The molecule has 7 nitrogen and oxygen atoms in total. The fourth-order valence-electron chi connectivity index (χ4n) is 3.34. The van der Waals surface area contributed by atoms with Crippen LogP contribution < -0.4 is 10.6 Å². The van der Waals surface area contributed by atoms with E-state index in [1.807, 2.05) is 0 Å². The number of hydrogen-bond donors (Lipinski definition) is 2. The van der Waals surface area contributed by atoms with Gasteiger partial charge >= 0.3 is 11.8 Å². The lowest BCUT2D eigenvalue weighted by Crippen LogP contribution is -2.47. The van der Waals surface area contributed by atoms with Gasteiger partial charge in [-0.3, -0.25) is 19.3 Å². The van der Waals surface area contributed by atoms with Crippen LogP contribution in [-0.2, 0) is 9.59 Å². The monoisotopic (exact) mass is 374 g/mol. The molecule has 1 heterocycles. The first kappa shape index (κ1) is 20.9. The molecule has 0 spiro atoms. The number of carbonyl (C=O) groups excluding carboxylic acids is 3. The first-order chi connectivity index (χ1) is 12.8. The Morgan fingerprint density at radius 2 is 1.70 bits per heavy atom. The number of hydrogen-bond acceptors (Lipinski definition) is 4. The molecule has 3 amide bonds. The summed E-state index contributed by atoms with van der Waals surface area (Å²) in [6.45, 7) is 6.74. The Kier molecular flexibility index (Phi) is 7.36. The number of likely N-dealkylation sites (tertiary alicyclic amines) is 1. The molecule has 1 fully saturated rings. The molecule has 2 rings (SSSR count). The van der Waals surface area contributed by atoms with Crippen LogP contribution >= 0.6 is 0 Å². The predicted molar refractivity (Wildman–Crippen MR) is 106 cm³/mol. The van der Waals surface area contributed by atoms with Crippen LogP contribution in [0.4, 0.5) is 5.69 Å². The van der Waals surface area contributed by atoms with Gasteiger partial charge in [-0.25, -0.2) is 0 Å². The van der Waals surface area contributed by atoms with Crippen molar-refractivity contribution in [3.8, 4) is 0 Å². The molecule has 27 heavy (non-hydrogen) atoms. The summed E-state index contributed by atoms with van der Waals surface area (Å²) in [6, 6.07) is 6.88. The van der Waals surface area contributed by atoms with Crippen molar-refractivity contribution in [3.63, 3.8) is 0 Å². The maximum absolute atomic E-state index is 12.3. The smallest absolute Gasteiger partial charge is 0.313 e. The second-order valence-electron chi connectivity index (χ2n) is 7.46. The third-order valence-corrected chi connectivity index (χ3v) is 4.87. The number of amides is 3. The van der Waals surface area contributed by atoms with Crippen molar-refractivity contribution in [1.82, 2.24) is 15.1 Å². The highest BCUT2D eigenvalue weighted by Crippen LogP contribution is 2.18. The lowest BCUT2D eigenvalue weighted by atomic mass is 10.0. The zero-order chi connectivity index (χ0) is 20.0. The molecule has 148 valence electrons. The molecule has 1 aromatic rings. The Hall–Kier alpha value is -2.41. The zero-order valence-electron chi connectivity index (χ0n) is 16.6. The Labute approximate surface area is 161 Å². The van der Waals surface area contributed by atoms with Gasteiger partial charge in [-0.15, -0.1) is 0 Å². The average molecular weight is 374 g/mol. The van der Waals surface area contributed by atoms with E-state index in [9.17, 15) is 14.4 Å². The molecule has 0 radical (unpaired) electrons. The SMILES string of the molecule is CC(C)C(CNC(=O)C(=O)Nc1ccccc1C(=O)N(C)C)N1CCCC1. The highest BCUT2D eigenvalue weighted by molar-refractivity contribution is 6.40. The summed E-state index contributed by atoms with van der Waals surface area (Å²) < 4.78 is 0. The van der Waals surface area contributed by atoms with E-state index in [1.54, 1.807) is 38.4 Å². The quantitative estimate of drug-likeness (QED) is 0.741. The first-order valence-corrected chi connectivity index (χ1v) is 9.45. The van der Waals surface area contributed by atoms with Gasteiger partial charge in [0.25, 0.3) is 5.91 Å². The number of benzene rings is 1. The third kappa shape index (κ3) is 5.53.